The number of aryl methyl sites for hydroxylation is 1. The van der Waals surface area contributed by atoms with Crippen LogP contribution in [-0.4, -0.2) is 10.9 Å². The van der Waals surface area contributed by atoms with Crippen molar-refractivity contribution in [2.24, 2.45) is 0 Å². The monoisotopic (exact) mass is 364 g/mol. The number of hydrogen-bond donors (Lipinski definition) is 1. The van der Waals surface area contributed by atoms with E-state index in [9.17, 15) is 9.90 Å². The van der Waals surface area contributed by atoms with Crippen molar-refractivity contribution >= 4 is 16.6 Å². The highest BCUT2D eigenvalue weighted by Crippen LogP contribution is 2.43. The van der Waals surface area contributed by atoms with Gasteiger partial charge in [-0.1, -0.05) is 84.4 Å². The lowest BCUT2D eigenvalue weighted by Gasteiger charge is -2.36. The Labute approximate surface area is 164 Å². The lowest BCUT2D eigenvalue weighted by molar-refractivity contribution is 0.0723. The minimum Gasteiger partial charge on any atom is -0.380 e. The number of aliphatic hydroxyl groups is 1. The number of benzene rings is 4. The molecule has 28 heavy (non-hydrogen) atoms. The molecule has 1 aliphatic rings. The van der Waals surface area contributed by atoms with Gasteiger partial charge in [-0.15, -0.1) is 0 Å². The van der Waals surface area contributed by atoms with Crippen LogP contribution in [0.5, 0.6) is 0 Å². The average molecular weight is 364 g/mol. The SMILES string of the molecule is Cc1ccc2c(c1)C(=O)c1ccccc1C2(O)Cc1cccc2ccccc12. The van der Waals surface area contributed by atoms with Gasteiger partial charge in [0, 0.05) is 17.5 Å². The van der Waals surface area contributed by atoms with Crippen LogP contribution < -0.4 is 0 Å². The molecule has 0 radical (unpaired) electrons. The molecular formula is C26H20O2. The number of carbonyl (C=O) groups is 1. The molecule has 0 fully saturated rings. The Hall–Kier alpha value is -3.23. The topological polar surface area (TPSA) is 37.3 Å². The fraction of sp³-hybridized carbons (Fsp3) is 0.115. The van der Waals surface area contributed by atoms with Crippen molar-refractivity contribution in [3.05, 3.63) is 118 Å². The van der Waals surface area contributed by atoms with Crippen LogP contribution in [0.15, 0.2) is 84.9 Å². The molecule has 4 aromatic rings. The summed E-state index contributed by atoms with van der Waals surface area (Å²) < 4.78 is 0. The van der Waals surface area contributed by atoms with Gasteiger partial charge in [0.2, 0.25) is 0 Å². The first-order valence-electron chi connectivity index (χ1n) is 9.52. The van der Waals surface area contributed by atoms with Gasteiger partial charge in [-0.2, -0.15) is 0 Å². The zero-order valence-corrected chi connectivity index (χ0v) is 15.6. The molecule has 0 aromatic heterocycles. The van der Waals surface area contributed by atoms with Gasteiger partial charge in [0.1, 0.15) is 5.60 Å². The van der Waals surface area contributed by atoms with E-state index in [1.165, 1.54) is 0 Å². The van der Waals surface area contributed by atoms with E-state index in [-0.39, 0.29) is 5.78 Å². The van der Waals surface area contributed by atoms with E-state index >= 15 is 0 Å². The first kappa shape index (κ1) is 16.9. The van der Waals surface area contributed by atoms with E-state index < -0.39 is 5.60 Å². The van der Waals surface area contributed by atoms with E-state index in [1.807, 2.05) is 67.6 Å². The molecule has 2 heteroatoms. The van der Waals surface area contributed by atoms with Gasteiger partial charge in [0.05, 0.1) is 0 Å². The molecule has 0 bridgehead atoms. The van der Waals surface area contributed by atoms with Gasteiger partial charge in [0.15, 0.2) is 5.78 Å². The van der Waals surface area contributed by atoms with Crippen molar-refractivity contribution in [3.8, 4) is 0 Å². The first-order chi connectivity index (χ1) is 13.6. The summed E-state index contributed by atoms with van der Waals surface area (Å²) in [6, 6.07) is 27.6. The summed E-state index contributed by atoms with van der Waals surface area (Å²) in [5.41, 5.74) is 3.39. The fourth-order valence-electron chi connectivity index (χ4n) is 4.45. The number of rotatable bonds is 2. The Morgan fingerprint density at radius 3 is 2.39 bits per heavy atom. The molecule has 0 heterocycles. The maximum atomic E-state index is 13.1. The minimum absolute atomic E-state index is 0.0168. The predicted molar refractivity (Wildman–Crippen MR) is 112 cm³/mol. The number of carbonyl (C=O) groups excluding carboxylic acids is 1. The summed E-state index contributed by atoms with van der Waals surface area (Å²) in [6.07, 6.45) is 0.411. The molecule has 5 rings (SSSR count). The minimum atomic E-state index is -1.25. The Morgan fingerprint density at radius 2 is 1.50 bits per heavy atom. The van der Waals surface area contributed by atoms with Gasteiger partial charge >= 0.3 is 0 Å². The molecule has 0 amide bonds. The smallest absolute Gasteiger partial charge is 0.193 e. The maximum Gasteiger partial charge on any atom is 0.193 e. The number of ketones is 1. The summed E-state index contributed by atoms with van der Waals surface area (Å²) in [5, 5.41) is 14.3. The van der Waals surface area contributed by atoms with E-state index in [0.717, 1.165) is 21.9 Å². The van der Waals surface area contributed by atoms with Crippen molar-refractivity contribution in [1.29, 1.82) is 0 Å². The van der Waals surface area contributed by atoms with Gasteiger partial charge < -0.3 is 5.11 Å². The van der Waals surface area contributed by atoms with Crippen LogP contribution in [0.4, 0.5) is 0 Å². The van der Waals surface area contributed by atoms with Gasteiger partial charge in [0.25, 0.3) is 0 Å². The van der Waals surface area contributed by atoms with E-state index in [2.05, 4.69) is 24.3 Å². The highest BCUT2D eigenvalue weighted by atomic mass is 16.3. The lowest BCUT2D eigenvalue weighted by Crippen LogP contribution is -2.37. The fourth-order valence-corrected chi connectivity index (χ4v) is 4.45. The molecule has 0 saturated carbocycles. The quantitative estimate of drug-likeness (QED) is 0.533. The van der Waals surface area contributed by atoms with Crippen molar-refractivity contribution in [2.45, 2.75) is 18.9 Å². The zero-order chi connectivity index (χ0) is 19.3. The second kappa shape index (κ2) is 6.15. The molecule has 1 N–H and O–H groups in total. The van der Waals surface area contributed by atoms with E-state index in [1.54, 1.807) is 0 Å². The van der Waals surface area contributed by atoms with Crippen LogP contribution in [-0.2, 0) is 12.0 Å². The predicted octanol–water partition coefficient (Wildman–Crippen LogP) is 5.17. The summed E-state index contributed by atoms with van der Waals surface area (Å²) in [7, 11) is 0. The molecule has 4 aromatic carbocycles. The standard InChI is InChI=1S/C26H20O2/c1-17-13-14-24-22(15-17)25(27)21-11-4-5-12-23(21)26(24,28)16-19-9-6-8-18-7-2-3-10-20(18)19/h2-15,28H,16H2,1H3. The van der Waals surface area contributed by atoms with Crippen molar-refractivity contribution in [3.63, 3.8) is 0 Å². The van der Waals surface area contributed by atoms with Crippen LogP contribution >= 0.6 is 0 Å². The highest BCUT2D eigenvalue weighted by Gasteiger charge is 2.42. The summed E-state index contributed by atoms with van der Waals surface area (Å²) >= 11 is 0. The largest absolute Gasteiger partial charge is 0.380 e. The zero-order valence-electron chi connectivity index (χ0n) is 15.6. The second-order valence-corrected chi connectivity index (χ2v) is 7.60. The molecule has 1 atom stereocenters. The van der Waals surface area contributed by atoms with E-state index in [0.29, 0.717) is 28.7 Å². The summed E-state index contributed by atoms with van der Waals surface area (Å²) in [4.78, 5) is 13.1. The van der Waals surface area contributed by atoms with Crippen LogP contribution in [0.25, 0.3) is 10.8 Å². The van der Waals surface area contributed by atoms with Crippen molar-refractivity contribution < 1.29 is 9.90 Å². The average Bonchev–Trinajstić information content (AvgIpc) is 2.72. The molecule has 0 spiro atoms. The van der Waals surface area contributed by atoms with Crippen LogP contribution in [0, 0.1) is 6.92 Å². The highest BCUT2D eigenvalue weighted by molar-refractivity contribution is 6.13. The van der Waals surface area contributed by atoms with Gasteiger partial charge in [-0.3, -0.25) is 4.79 Å². The van der Waals surface area contributed by atoms with Gasteiger partial charge in [-0.25, -0.2) is 0 Å². The Bertz CT molecular complexity index is 1230. The Balaban J connectivity index is 1.76. The number of fused-ring (bicyclic) bond motifs is 3. The third-order valence-corrected chi connectivity index (χ3v) is 5.81. The van der Waals surface area contributed by atoms with Crippen LogP contribution in [0.1, 0.15) is 38.2 Å². The summed E-state index contributed by atoms with van der Waals surface area (Å²) in [5.74, 6) is -0.0168. The third kappa shape index (κ3) is 2.42. The van der Waals surface area contributed by atoms with E-state index in [4.69, 9.17) is 0 Å². The molecule has 0 aliphatic heterocycles. The lowest BCUT2D eigenvalue weighted by atomic mass is 9.71. The molecular weight excluding hydrogens is 344 g/mol. The maximum absolute atomic E-state index is 13.1. The van der Waals surface area contributed by atoms with Crippen molar-refractivity contribution in [2.75, 3.05) is 0 Å². The normalized spacial score (nSPS) is 18.0. The second-order valence-electron chi connectivity index (χ2n) is 7.60. The molecule has 0 saturated heterocycles. The van der Waals surface area contributed by atoms with Crippen molar-refractivity contribution in [1.82, 2.24) is 0 Å². The molecule has 1 unspecified atom stereocenters. The van der Waals surface area contributed by atoms with Gasteiger partial charge in [-0.05, 0) is 40.5 Å². The molecule has 1 aliphatic carbocycles. The Kier molecular flexibility index (Phi) is 3.71. The van der Waals surface area contributed by atoms with Crippen LogP contribution in [0.3, 0.4) is 0 Å². The number of hydrogen-bond acceptors (Lipinski definition) is 2. The first-order valence-corrected chi connectivity index (χ1v) is 9.52. The molecule has 2 nitrogen and oxygen atoms in total. The molecule has 136 valence electrons. The third-order valence-electron chi connectivity index (χ3n) is 5.81. The van der Waals surface area contributed by atoms with Crippen LogP contribution in [0.2, 0.25) is 0 Å². The Morgan fingerprint density at radius 1 is 0.786 bits per heavy atom. The summed E-state index contributed by atoms with van der Waals surface area (Å²) in [6.45, 7) is 1.97.